The zero-order valence-corrected chi connectivity index (χ0v) is 25.5. The Labute approximate surface area is 254 Å². The van der Waals surface area contributed by atoms with Crippen LogP contribution in [0.1, 0.15) is 49.4 Å². The second-order valence-corrected chi connectivity index (χ2v) is 11.2. The van der Waals surface area contributed by atoms with E-state index in [-0.39, 0.29) is 5.91 Å². The van der Waals surface area contributed by atoms with Crippen LogP contribution in [0.4, 0.5) is 17.1 Å². The number of likely N-dealkylation sites (N-methyl/N-ethyl adjacent to an activating group) is 1. The van der Waals surface area contributed by atoms with Gasteiger partial charge in [0.2, 0.25) is 5.91 Å². The number of nitrogens with zero attached hydrogens (tertiary/aromatic N) is 4. The average Bonchev–Trinajstić information content (AvgIpc) is 3.03. The van der Waals surface area contributed by atoms with Gasteiger partial charge in [0, 0.05) is 69.2 Å². The molecule has 9 heteroatoms. The molecule has 3 heterocycles. The molecule has 2 saturated heterocycles. The highest BCUT2D eigenvalue weighted by Gasteiger charge is 2.20. The minimum atomic E-state index is -0.230. The number of carbonyl (C=O) groups is 1. The average molecular weight is 583 g/mol. The van der Waals surface area contributed by atoms with E-state index < -0.39 is 0 Å². The van der Waals surface area contributed by atoms with E-state index >= 15 is 0 Å². The molecular weight excluding hydrogens is 540 g/mol. The van der Waals surface area contributed by atoms with E-state index in [1.165, 1.54) is 5.56 Å². The molecule has 0 spiro atoms. The van der Waals surface area contributed by atoms with Gasteiger partial charge in [0.05, 0.1) is 34.8 Å². The molecule has 1 amide bonds. The highest BCUT2D eigenvalue weighted by atomic mass is 16.5. The first-order valence-corrected chi connectivity index (χ1v) is 15.4. The number of fused-ring (bicyclic) bond motifs is 1. The minimum Gasteiger partial charge on any atom is -0.492 e. The molecular formula is C34H42N6O3. The van der Waals surface area contributed by atoms with Crippen molar-refractivity contribution in [1.82, 2.24) is 14.8 Å². The summed E-state index contributed by atoms with van der Waals surface area (Å²) >= 11 is 0. The Kier molecular flexibility index (Phi) is 10.3. The van der Waals surface area contributed by atoms with E-state index in [1.54, 1.807) is 6.08 Å². The number of aryl methyl sites for hydroxylation is 1. The van der Waals surface area contributed by atoms with Crippen molar-refractivity contribution in [2.45, 2.75) is 39.0 Å². The Morgan fingerprint density at radius 3 is 2.56 bits per heavy atom. The molecule has 2 fully saturated rings. The molecule has 9 nitrogen and oxygen atoms in total. The number of nitrogens with one attached hydrogen (secondary N) is 2. The Bertz CT molecular complexity index is 1480. The van der Waals surface area contributed by atoms with Crippen LogP contribution in [0.15, 0.2) is 48.6 Å². The molecule has 2 aliphatic heterocycles. The largest absolute Gasteiger partial charge is 0.492 e. The molecule has 0 bridgehead atoms. The number of carbonyl (C=O) groups excluding carboxylic acids is 1. The Morgan fingerprint density at radius 1 is 1.14 bits per heavy atom. The predicted octanol–water partition coefficient (Wildman–Crippen LogP) is 5.45. The maximum Gasteiger partial charge on any atom is 0.248 e. The Morgan fingerprint density at radius 2 is 1.88 bits per heavy atom. The topological polar surface area (TPSA) is 103 Å². The maximum atomic E-state index is 13.0. The summed E-state index contributed by atoms with van der Waals surface area (Å²) in [5.41, 5.74) is 5.30. The van der Waals surface area contributed by atoms with E-state index in [0.29, 0.717) is 52.8 Å². The number of benzene rings is 2. The molecule has 2 aromatic carbocycles. The van der Waals surface area contributed by atoms with E-state index in [4.69, 9.17) is 14.5 Å². The van der Waals surface area contributed by atoms with E-state index in [2.05, 4.69) is 57.8 Å². The van der Waals surface area contributed by atoms with Crippen molar-refractivity contribution < 1.29 is 14.3 Å². The van der Waals surface area contributed by atoms with Crippen LogP contribution in [0.3, 0.4) is 0 Å². The van der Waals surface area contributed by atoms with Crippen LogP contribution in [0.2, 0.25) is 0 Å². The summed E-state index contributed by atoms with van der Waals surface area (Å²) in [6, 6.07) is 14.5. The van der Waals surface area contributed by atoms with Gasteiger partial charge in [-0.25, -0.2) is 0 Å². The molecule has 5 rings (SSSR count). The molecule has 3 aromatic rings. The van der Waals surface area contributed by atoms with Crippen molar-refractivity contribution in [3.63, 3.8) is 0 Å². The molecule has 1 aromatic heterocycles. The molecule has 0 radical (unpaired) electrons. The van der Waals surface area contributed by atoms with Gasteiger partial charge >= 0.3 is 0 Å². The van der Waals surface area contributed by atoms with Crippen molar-refractivity contribution in [2.75, 3.05) is 70.2 Å². The second-order valence-electron chi connectivity index (χ2n) is 11.2. The lowest BCUT2D eigenvalue weighted by molar-refractivity contribution is -0.111. The number of hydrogen-bond acceptors (Lipinski definition) is 8. The summed E-state index contributed by atoms with van der Waals surface area (Å²) in [5, 5.41) is 17.5. The van der Waals surface area contributed by atoms with Gasteiger partial charge in [-0.2, -0.15) is 5.26 Å². The van der Waals surface area contributed by atoms with Gasteiger partial charge in [0.1, 0.15) is 11.8 Å². The third-order valence-electron chi connectivity index (χ3n) is 8.27. The standard InChI is InChI=1S/C34H42N6O3/c1-4-29-28(23-35)34(36-26-10-8-24(9-11-26)25-12-19-42-20-13-25)27-21-31(32(43-5-2)22-30(27)37-29)38-33(41)7-6-14-40-17-15-39(3)16-18-40/h6-11,21-22,25H,4-5,12-20H2,1-3H3,(H,36,37)(H,38,41)/b7-6+. The van der Waals surface area contributed by atoms with Crippen molar-refractivity contribution in [3.05, 3.63) is 65.4 Å². The molecule has 0 unspecified atom stereocenters. The fraction of sp³-hybridized carbons (Fsp3) is 0.441. The van der Waals surface area contributed by atoms with Crippen LogP contribution in [0.25, 0.3) is 10.9 Å². The number of piperazine rings is 1. The SMILES string of the molecule is CCOc1cc2nc(CC)c(C#N)c(Nc3ccc(C4CCOCC4)cc3)c2cc1NC(=O)/C=C/CN1CCN(C)CC1. The second kappa shape index (κ2) is 14.5. The monoisotopic (exact) mass is 582 g/mol. The van der Waals surface area contributed by atoms with Gasteiger partial charge in [0.15, 0.2) is 0 Å². The third-order valence-corrected chi connectivity index (χ3v) is 8.27. The molecule has 0 aliphatic carbocycles. The van der Waals surface area contributed by atoms with Crippen LogP contribution in [0, 0.1) is 11.3 Å². The smallest absolute Gasteiger partial charge is 0.248 e. The quantitative estimate of drug-likeness (QED) is 0.305. The molecule has 0 atom stereocenters. The summed E-state index contributed by atoms with van der Waals surface area (Å²) in [6.45, 7) is 10.7. The first-order valence-electron chi connectivity index (χ1n) is 15.4. The van der Waals surface area contributed by atoms with Gasteiger partial charge < -0.3 is 25.0 Å². The van der Waals surface area contributed by atoms with Gasteiger partial charge in [-0.3, -0.25) is 14.7 Å². The first-order chi connectivity index (χ1) is 21.0. The maximum absolute atomic E-state index is 13.0. The number of rotatable bonds is 10. The summed E-state index contributed by atoms with van der Waals surface area (Å²) in [6.07, 6.45) is 6.15. The predicted molar refractivity (Wildman–Crippen MR) is 171 cm³/mol. The number of hydrogen-bond donors (Lipinski definition) is 2. The summed E-state index contributed by atoms with van der Waals surface area (Å²) in [5.74, 6) is 0.817. The minimum absolute atomic E-state index is 0.230. The van der Waals surface area contributed by atoms with Crippen LogP contribution in [-0.4, -0.2) is 80.3 Å². The fourth-order valence-electron chi connectivity index (χ4n) is 5.75. The van der Waals surface area contributed by atoms with Crippen LogP contribution in [-0.2, 0) is 16.0 Å². The fourth-order valence-corrected chi connectivity index (χ4v) is 5.75. The Hall–Kier alpha value is -3.97. The molecule has 43 heavy (non-hydrogen) atoms. The summed E-state index contributed by atoms with van der Waals surface area (Å²) in [4.78, 5) is 22.5. The van der Waals surface area contributed by atoms with Crippen LogP contribution in [0.5, 0.6) is 5.75 Å². The zero-order chi connectivity index (χ0) is 30.2. The molecule has 226 valence electrons. The normalized spacial score (nSPS) is 16.8. The van der Waals surface area contributed by atoms with Gasteiger partial charge in [-0.15, -0.1) is 0 Å². The highest BCUT2D eigenvalue weighted by molar-refractivity contribution is 6.05. The van der Waals surface area contributed by atoms with Gasteiger partial charge in [0.25, 0.3) is 0 Å². The van der Waals surface area contributed by atoms with Crippen molar-refractivity contribution >= 4 is 33.9 Å². The summed E-state index contributed by atoms with van der Waals surface area (Å²) in [7, 11) is 2.13. The van der Waals surface area contributed by atoms with Crippen LogP contribution >= 0.6 is 0 Å². The van der Waals surface area contributed by atoms with Crippen molar-refractivity contribution in [2.24, 2.45) is 0 Å². The van der Waals surface area contributed by atoms with E-state index in [9.17, 15) is 10.1 Å². The first kappa shape index (κ1) is 30.5. The van der Waals surface area contributed by atoms with Crippen molar-refractivity contribution in [1.29, 1.82) is 5.26 Å². The number of amides is 1. The van der Waals surface area contributed by atoms with Crippen molar-refractivity contribution in [3.8, 4) is 11.8 Å². The zero-order valence-electron chi connectivity index (χ0n) is 25.5. The van der Waals surface area contributed by atoms with Gasteiger partial charge in [-0.05, 0) is 62.9 Å². The number of ether oxygens (including phenoxy) is 2. The van der Waals surface area contributed by atoms with Gasteiger partial charge in [-0.1, -0.05) is 25.1 Å². The number of aromatic nitrogens is 1. The highest BCUT2D eigenvalue weighted by Crippen LogP contribution is 2.38. The number of anilines is 3. The Balaban J connectivity index is 1.43. The van der Waals surface area contributed by atoms with E-state index in [1.807, 2.05) is 32.1 Å². The summed E-state index contributed by atoms with van der Waals surface area (Å²) < 4.78 is 11.5. The van der Waals surface area contributed by atoms with E-state index in [0.717, 1.165) is 69.9 Å². The molecule has 2 N–H and O–H groups in total. The van der Waals surface area contributed by atoms with Crippen LogP contribution < -0.4 is 15.4 Å². The lowest BCUT2D eigenvalue weighted by Crippen LogP contribution is -2.44. The third kappa shape index (κ3) is 7.52. The molecule has 2 aliphatic rings. The lowest BCUT2D eigenvalue weighted by Gasteiger charge is -2.31. The lowest BCUT2D eigenvalue weighted by atomic mass is 9.92. The number of nitriles is 1. The molecule has 0 saturated carbocycles. The number of pyridine rings is 1.